The molecule has 0 aromatic heterocycles. The lowest BCUT2D eigenvalue weighted by molar-refractivity contribution is -0.120. The molecule has 134 valence electrons. The zero-order chi connectivity index (χ0) is 18.5. The smallest absolute Gasteiger partial charge is 0.292 e. The molecular formula is C19H20N4O3. The summed E-state index contributed by atoms with van der Waals surface area (Å²) in [6, 6.07) is 15.8. The molecule has 1 unspecified atom stereocenters. The van der Waals surface area contributed by atoms with Crippen molar-refractivity contribution in [1.82, 2.24) is 5.43 Å². The van der Waals surface area contributed by atoms with Gasteiger partial charge < -0.3 is 10.1 Å². The summed E-state index contributed by atoms with van der Waals surface area (Å²) in [4.78, 5) is 29.1. The molecule has 0 fully saturated rings. The van der Waals surface area contributed by atoms with Gasteiger partial charge in [0.25, 0.3) is 11.8 Å². The van der Waals surface area contributed by atoms with E-state index in [9.17, 15) is 9.59 Å². The number of carbonyl (C=O) groups excluding carboxylic acids is 2. The molecule has 0 spiro atoms. The minimum absolute atomic E-state index is 0.0816. The standard InChI is InChI=1S/C19H20N4O3/c1-13-19(25)23(16-9-4-3-5-10-16)22-17(20-13)18(24)21-15-8-6-7-14(11-15)12-26-2/h3-11,13H,12H2,1-2H3,(H,20,22)(H,21,24). The summed E-state index contributed by atoms with van der Waals surface area (Å²) in [6.45, 7) is 2.11. The normalized spacial score (nSPS) is 16.7. The van der Waals surface area contributed by atoms with Crippen LogP contribution in [-0.2, 0) is 20.9 Å². The summed E-state index contributed by atoms with van der Waals surface area (Å²) in [6.07, 6.45) is 0. The maximum atomic E-state index is 12.6. The minimum Gasteiger partial charge on any atom is -0.380 e. The summed E-state index contributed by atoms with van der Waals surface area (Å²) in [5.41, 5.74) is 5.02. The van der Waals surface area contributed by atoms with Gasteiger partial charge in [-0.2, -0.15) is 0 Å². The molecule has 7 heteroatoms. The van der Waals surface area contributed by atoms with Crippen molar-refractivity contribution in [3.63, 3.8) is 0 Å². The lowest BCUT2D eigenvalue weighted by atomic mass is 10.2. The Balaban J connectivity index is 1.77. The summed E-state index contributed by atoms with van der Waals surface area (Å²) in [5, 5.41) is 4.13. The number of hydrogen-bond donors (Lipinski definition) is 2. The maximum Gasteiger partial charge on any atom is 0.292 e. The SMILES string of the molecule is COCc1cccc(NC(=O)C2=NC(C)C(=O)N(c3ccccc3)N2)c1. The zero-order valence-corrected chi connectivity index (χ0v) is 14.6. The minimum atomic E-state index is -0.656. The van der Waals surface area contributed by atoms with Crippen LogP contribution in [0.15, 0.2) is 59.6 Å². The molecule has 2 N–H and O–H groups in total. The Morgan fingerprint density at radius 2 is 2.00 bits per heavy atom. The molecular weight excluding hydrogens is 332 g/mol. The average molecular weight is 352 g/mol. The van der Waals surface area contributed by atoms with Gasteiger partial charge in [0.1, 0.15) is 6.04 Å². The number of amides is 2. The number of hydrazine groups is 1. The van der Waals surface area contributed by atoms with Crippen LogP contribution in [0.4, 0.5) is 11.4 Å². The number of nitrogens with zero attached hydrogens (tertiary/aromatic N) is 2. The van der Waals surface area contributed by atoms with E-state index in [0.717, 1.165) is 5.56 Å². The Bertz CT molecular complexity index is 836. The molecule has 0 saturated heterocycles. The molecule has 0 saturated carbocycles. The number of amidine groups is 1. The van der Waals surface area contributed by atoms with Gasteiger partial charge in [0, 0.05) is 12.8 Å². The van der Waals surface area contributed by atoms with E-state index in [1.807, 2.05) is 36.4 Å². The average Bonchev–Trinajstić information content (AvgIpc) is 2.65. The van der Waals surface area contributed by atoms with Crippen LogP contribution < -0.4 is 15.8 Å². The number of aliphatic imine (C=N–C) groups is 1. The quantitative estimate of drug-likeness (QED) is 0.863. The van der Waals surface area contributed by atoms with Crippen LogP contribution in [-0.4, -0.2) is 30.8 Å². The molecule has 1 aliphatic rings. The first-order valence-electron chi connectivity index (χ1n) is 8.21. The Labute approximate surface area is 151 Å². The van der Waals surface area contributed by atoms with E-state index in [0.29, 0.717) is 18.0 Å². The lowest BCUT2D eigenvalue weighted by Gasteiger charge is -2.30. The molecule has 26 heavy (non-hydrogen) atoms. The molecule has 2 aromatic carbocycles. The predicted molar refractivity (Wildman–Crippen MR) is 99.7 cm³/mol. The van der Waals surface area contributed by atoms with Crippen LogP contribution in [0.2, 0.25) is 0 Å². The van der Waals surface area contributed by atoms with Gasteiger partial charge in [-0.05, 0) is 36.8 Å². The maximum absolute atomic E-state index is 12.6. The number of nitrogens with one attached hydrogen (secondary N) is 2. The Kier molecular flexibility index (Phi) is 5.28. The predicted octanol–water partition coefficient (Wildman–Crippen LogP) is 2.11. The number of para-hydroxylation sites is 1. The molecule has 0 radical (unpaired) electrons. The fourth-order valence-corrected chi connectivity index (χ4v) is 2.60. The van der Waals surface area contributed by atoms with E-state index in [4.69, 9.17) is 4.74 Å². The highest BCUT2D eigenvalue weighted by atomic mass is 16.5. The van der Waals surface area contributed by atoms with Crippen LogP contribution in [0.1, 0.15) is 12.5 Å². The van der Waals surface area contributed by atoms with Crippen molar-refractivity contribution in [2.75, 3.05) is 17.4 Å². The summed E-state index contributed by atoms with van der Waals surface area (Å²) < 4.78 is 5.10. The Morgan fingerprint density at radius 1 is 1.23 bits per heavy atom. The van der Waals surface area contributed by atoms with Crippen LogP contribution in [0.25, 0.3) is 0 Å². The monoisotopic (exact) mass is 352 g/mol. The van der Waals surface area contributed by atoms with E-state index in [1.165, 1.54) is 5.01 Å². The molecule has 2 amide bonds. The molecule has 1 atom stereocenters. The number of benzene rings is 2. The molecule has 0 aliphatic carbocycles. The van der Waals surface area contributed by atoms with Crippen LogP contribution in [0.3, 0.4) is 0 Å². The zero-order valence-electron chi connectivity index (χ0n) is 14.6. The van der Waals surface area contributed by atoms with E-state index in [-0.39, 0.29) is 11.7 Å². The Morgan fingerprint density at radius 3 is 2.73 bits per heavy atom. The van der Waals surface area contributed by atoms with Gasteiger partial charge in [0.2, 0.25) is 5.84 Å². The van der Waals surface area contributed by atoms with Crippen molar-refractivity contribution >= 4 is 29.0 Å². The lowest BCUT2D eigenvalue weighted by Crippen LogP contribution is -2.57. The van der Waals surface area contributed by atoms with Gasteiger partial charge in [0.05, 0.1) is 12.3 Å². The van der Waals surface area contributed by atoms with E-state index < -0.39 is 11.9 Å². The summed E-state index contributed by atoms with van der Waals surface area (Å²) >= 11 is 0. The molecule has 2 aromatic rings. The van der Waals surface area contributed by atoms with Crippen molar-refractivity contribution < 1.29 is 14.3 Å². The highest BCUT2D eigenvalue weighted by molar-refractivity contribution is 6.43. The fraction of sp³-hybridized carbons (Fsp3) is 0.211. The van der Waals surface area contributed by atoms with Crippen molar-refractivity contribution in [2.45, 2.75) is 19.6 Å². The Hall–Kier alpha value is -3.19. The first kappa shape index (κ1) is 17.6. The largest absolute Gasteiger partial charge is 0.380 e. The van der Waals surface area contributed by atoms with Gasteiger partial charge in [-0.1, -0.05) is 30.3 Å². The number of rotatable bonds is 5. The highest BCUT2D eigenvalue weighted by Crippen LogP contribution is 2.17. The number of anilines is 2. The van der Waals surface area contributed by atoms with Gasteiger partial charge in [-0.15, -0.1) is 0 Å². The van der Waals surface area contributed by atoms with E-state index >= 15 is 0 Å². The molecule has 0 bridgehead atoms. The number of carbonyl (C=O) groups is 2. The second-order valence-corrected chi connectivity index (χ2v) is 5.86. The second-order valence-electron chi connectivity index (χ2n) is 5.86. The highest BCUT2D eigenvalue weighted by Gasteiger charge is 2.30. The number of methoxy groups -OCH3 is 1. The molecule has 1 heterocycles. The first-order valence-corrected chi connectivity index (χ1v) is 8.21. The van der Waals surface area contributed by atoms with Crippen LogP contribution in [0, 0.1) is 0 Å². The number of hydrogen-bond acceptors (Lipinski definition) is 5. The van der Waals surface area contributed by atoms with Crippen molar-refractivity contribution in [1.29, 1.82) is 0 Å². The fourth-order valence-electron chi connectivity index (χ4n) is 2.60. The second kappa shape index (κ2) is 7.79. The van der Waals surface area contributed by atoms with Gasteiger partial charge >= 0.3 is 0 Å². The molecule has 7 nitrogen and oxygen atoms in total. The number of ether oxygens (including phenoxy) is 1. The third kappa shape index (κ3) is 3.89. The molecule has 1 aliphatic heterocycles. The summed E-state index contributed by atoms with van der Waals surface area (Å²) in [5.74, 6) is -0.562. The van der Waals surface area contributed by atoms with Crippen molar-refractivity contribution in [3.8, 4) is 0 Å². The third-order valence-electron chi connectivity index (χ3n) is 3.84. The van der Waals surface area contributed by atoms with Gasteiger partial charge in [0.15, 0.2) is 0 Å². The van der Waals surface area contributed by atoms with Crippen LogP contribution in [0.5, 0.6) is 0 Å². The van der Waals surface area contributed by atoms with Gasteiger partial charge in [-0.25, -0.2) is 10.0 Å². The van der Waals surface area contributed by atoms with E-state index in [2.05, 4.69) is 15.7 Å². The van der Waals surface area contributed by atoms with Crippen molar-refractivity contribution in [2.24, 2.45) is 4.99 Å². The summed E-state index contributed by atoms with van der Waals surface area (Å²) in [7, 11) is 1.61. The van der Waals surface area contributed by atoms with Gasteiger partial charge in [-0.3, -0.25) is 15.0 Å². The third-order valence-corrected chi connectivity index (χ3v) is 3.84. The topological polar surface area (TPSA) is 83.0 Å². The van der Waals surface area contributed by atoms with Crippen molar-refractivity contribution in [3.05, 3.63) is 60.2 Å². The molecule has 3 rings (SSSR count). The first-order chi connectivity index (χ1) is 12.6. The van der Waals surface area contributed by atoms with E-state index in [1.54, 1.807) is 32.2 Å². The van der Waals surface area contributed by atoms with Crippen LogP contribution >= 0.6 is 0 Å².